The largest absolute Gasteiger partial charge is 0.297 e. The van der Waals surface area contributed by atoms with E-state index in [1.165, 1.54) is 0 Å². The molecule has 0 amide bonds. The minimum Gasteiger partial charge on any atom is -0.263 e. The van der Waals surface area contributed by atoms with Crippen LogP contribution in [0.15, 0.2) is 29.2 Å². The van der Waals surface area contributed by atoms with Crippen LogP contribution in [0.5, 0.6) is 0 Å². The van der Waals surface area contributed by atoms with Crippen LogP contribution in [0.2, 0.25) is 0 Å². The first-order valence-corrected chi connectivity index (χ1v) is 9.65. The van der Waals surface area contributed by atoms with Gasteiger partial charge in [-0.1, -0.05) is 44.9 Å². The smallest absolute Gasteiger partial charge is 0.263 e. The molecule has 1 fully saturated rings. The van der Waals surface area contributed by atoms with Gasteiger partial charge in [-0.25, -0.2) is 0 Å². The zero-order chi connectivity index (χ0) is 16.4. The topological polar surface area (TPSA) is 43.4 Å². The highest BCUT2D eigenvalue weighted by molar-refractivity contribution is 7.86. The van der Waals surface area contributed by atoms with E-state index in [4.69, 9.17) is 4.18 Å². The van der Waals surface area contributed by atoms with Crippen molar-refractivity contribution in [1.82, 2.24) is 0 Å². The number of rotatable bonds is 5. The van der Waals surface area contributed by atoms with Crippen molar-refractivity contribution in [2.45, 2.75) is 70.8 Å². The third kappa shape index (κ3) is 4.11. The predicted molar refractivity (Wildman–Crippen MR) is 89.3 cm³/mol. The SMILES string of the molecule is CCC(C)(C)C1CCC(OS(=O)(=O)c2ccc(C)cc2)CC1. The minimum absolute atomic E-state index is 0.171. The van der Waals surface area contributed by atoms with Crippen molar-refractivity contribution in [3.8, 4) is 0 Å². The molecule has 3 nitrogen and oxygen atoms in total. The van der Waals surface area contributed by atoms with E-state index in [1.807, 2.05) is 6.92 Å². The summed E-state index contributed by atoms with van der Waals surface area (Å²) in [5.74, 6) is 0.666. The van der Waals surface area contributed by atoms with E-state index in [-0.39, 0.29) is 11.0 Å². The number of benzene rings is 1. The highest BCUT2D eigenvalue weighted by Gasteiger charge is 2.33. The standard InChI is InChI=1S/C18H28O3S/c1-5-18(3,4)15-8-10-16(11-9-15)21-22(19,20)17-12-6-14(2)7-13-17/h6-7,12-13,15-16H,5,8-11H2,1-4H3. The molecule has 0 bridgehead atoms. The van der Waals surface area contributed by atoms with Crippen molar-refractivity contribution in [1.29, 1.82) is 0 Å². The van der Waals surface area contributed by atoms with E-state index >= 15 is 0 Å². The summed E-state index contributed by atoms with van der Waals surface area (Å²) in [5.41, 5.74) is 1.38. The van der Waals surface area contributed by atoms with Crippen molar-refractivity contribution in [2.24, 2.45) is 11.3 Å². The van der Waals surface area contributed by atoms with E-state index in [0.717, 1.165) is 37.7 Å². The Bertz CT molecular complexity index is 579. The lowest BCUT2D eigenvalue weighted by Gasteiger charge is -2.38. The van der Waals surface area contributed by atoms with Crippen LogP contribution in [0.3, 0.4) is 0 Å². The lowest BCUT2D eigenvalue weighted by molar-refractivity contribution is 0.0816. The molecule has 1 aliphatic carbocycles. The van der Waals surface area contributed by atoms with E-state index in [2.05, 4.69) is 20.8 Å². The lowest BCUT2D eigenvalue weighted by Crippen LogP contribution is -2.31. The van der Waals surface area contributed by atoms with Crippen LogP contribution in [0.25, 0.3) is 0 Å². The predicted octanol–water partition coefficient (Wildman–Crippen LogP) is 4.70. The van der Waals surface area contributed by atoms with Gasteiger partial charge >= 0.3 is 0 Å². The maximum absolute atomic E-state index is 12.3. The van der Waals surface area contributed by atoms with E-state index < -0.39 is 10.1 Å². The van der Waals surface area contributed by atoms with Crippen molar-refractivity contribution in [2.75, 3.05) is 0 Å². The fourth-order valence-corrected chi connectivity index (χ4v) is 4.30. The van der Waals surface area contributed by atoms with Crippen molar-refractivity contribution < 1.29 is 12.6 Å². The van der Waals surface area contributed by atoms with E-state index in [1.54, 1.807) is 24.3 Å². The van der Waals surface area contributed by atoms with Crippen molar-refractivity contribution in [3.05, 3.63) is 29.8 Å². The molecule has 1 saturated carbocycles. The zero-order valence-electron chi connectivity index (χ0n) is 14.1. The molecule has 1 aromatic rings. The van der Waals surface area contributed by atoms with Crippen LogP contribution in [0, 0.1) is 18.3 Å². The summed E-state index contributed by atoms with van der Waals surface area (Å²) in [6.07, 6.45) is 4.75. The summed E-state index contributed by atoms with van der Waals surface area (Å²) in [4.78, 5) is 0.258. The second-order valence-corrected chi connectivity index (χ2v) is 8.75. The Morgan fingerprint density at radius 2 is 1.64 bits per heavy atom. The quantitative estimate of drug-likeness (QED) is 0.738. The molecule has 0 spiro atoms. The van der Waals surface area contributed by atoms with Crippen LogP contribution >= 0.6 is 0 Å². The molecule has 0 aliphatic heterocycles. The average Bonchev–Trinajstić information content (AvgIpc) is 2.48. The summed E-state index contributed by atoms with van der Waals surface area (Å²) < 4.78 is 30.1. The van der Waals surface area contributed by atoms with Gasteiger partial charge in [0, 0.05) is 0 Å². The maximum Gasteiger partial charge on any atom is 0.297 e. The van der Waals surface area contributed by atoms with Gasteiger partial charge in [-0.15, -0.1) is 0 Å². The van der Waals surface area contributed by atoms with Crippen LogP contribution in [0.1, 0.15) is 58.4 Å². The zero-order valence-corrected chi connectivity index (χ0v) is 14.9. The molecule has 0 radical (unpaired) electrons. The Morgan fingerprint density at radius 3 is 2.14 bits per heavy atom. The molecule has 1 aromatic carbocycles. The minimum atomic E-state index is -3.64. The average molecular weight is 324 g/mol. The molecule has 124 valence electrons. The number of hydrogen-bond acceptors (Lipinski definition) is 3. The Hall–Kier alpha value is -0.870. The fraction of sp³-hybridized carbons (Fsp3) is 0.667. The first kappa shape index (κ1) is 17.5. The highest BCUT2D eigenvalue weighted by Crippen LogP contribution is 2.41. The molecular formula is C18H28O3S. The first-order chi connectivity index (χ1) is 10.2. The van der Waals surface area contributed by atoms with Gasteiger partial charge in [-0.3, -0.25) is 4.18 Å². The molecule has 4 heteroatoms. The van der Waals surface area contributed by atoms with Crippen molar-refractivity contribution >= 4 is 10.1 Å². The van der Waals surface area contributed by atoms with E-state index in [0.29, 0.717) is 11.3 Å². The van der Waals surface area contributed by atoms with Crippen LogP contribution < -0.4 is 0 Å². The molecule has 1 aliphatic rings. The summed E-state index contributed by atoms with van der Waals surface area (Å²) in [6.45, 7) is 8.78. The summed E-state index contributed by atoms with van der Waals surface area (Å²) in [7, 11) is -3.64. The first-order valence-electron chi connectivity index (χ1n) is 8.24. The summed E-state index contributed by atoms with van der Waals surface area (Å²) in [5, 5.41) is 0. The molecule has 0 aromatic heterocycles. The monoisotopic (exact) mass is 324 g/mol. The molecule has 0 unspecified atom stereocenters. The van der Waals surface area contributed by atoms with Gasteiger partial charge in [-0.2, -0.15) is 8.42 Å². The van der Waals surface area contributed by atoms with Crippen molar-refractivity contribution in [3.63, 3.8) is 0 Å². The van der Waals surface area contributed by atoms with Crippen LogP contribution in [-0.4, -0.2) is 14.5 Å². The second-order valence-electron chi connectivity index (χ2n) is 7.18. The lowest BCUT2D eigenvalue weighted by atomic mass is 9.69. The molecule has 0 atom stereocenters. The molecule has 0 saturated heterocycles. The Balaban J connectivity index is 1.97. The third-order valence-electron chi connectivity index (χ3n) is 5.26. The Labute approximate surface area is 135 Å². The van der Waals surface area contributed by atoms with Gasteiger partial charge in [0.05, 0.1) is 11.0 Å². The number of hydrogen-bond donors (Lipinski definition) is 0. The van der Waals surface area contributed by atoms with Gasteiger partial charge in [0.15, 0.2) is 0 Å². The van der Waals surface area contributed by atoms with Gasteiger partial charge in [0.2, 0.25) is 0 Å². The van der Waals surface area contributed by atoms with Gasteiger partial charge < -0.3 is 0 Å². The van der Waals surface area contributed by atoms with Crippen LogP contribution in [0.4, 0.5) is 0 Å². The molecule has 0 N–H and O–H groups in total. The van der Waals surface area contributed by atoms with E-state index in [9.17, 15) is 8.42 Å². The van der Waals surface area contributed by atoms with Gasteiger partial charge in [0.1, 0.15) is 0 Å². The molecule has 0 heterocycles. The highest BCUT2D eigenvalue weighted by atomic mass is 32.2. The molecular weight excluding hydrogens is 296 g/mol. The van der Waals surface area contributed by atoms with Gasteiger partial charge in [0.25, 0.3) is 10.1 Å². The summed E-state index contributed by atoms with van der Waals surface area (Å²) in [6, 6.07) is 6.85. The molecule has 22 heavy (non-hydrogen) atoms. The number of aryl methyl sites for hydroxylation is 1. The summed E-state index contributed by atoms with van der Waals surface area (Å²) >= 11 is 0. The third-order valence-corrected chi connectivity index (χ3v) is 6.64. The Morgan fingerprint density at radius 1 is 1.09 bits per heavy atom. The fourth-order valence-electron chi connectivity index (χ4n) is 3.17. The van der Waals surface area contributed by atoms with Gasteiger partial charge in [-0.05, 0) is 56.1 Å². The molecule has 2 rings (SSSR count). The second kappa shape index (κ2) is 6.71. The van der Waals surface area contributed by atoms with Crippen LogP contribution in [-0.2, 0) is 14.3 Å². The normalized spacial score (nSPS) is 23.5. The Kier molecular flexibility index (Phi) is 5.33. The maximum atomic E-state index is 12.3.